The van der Waals surface area contributed by atoms with Crippen molar-refractivity contribution in [3.05, 3.63) is 34.3 Å². The quantitative estimate of drug-likeness (QED) is 0.805. The molecule has 0 spiro atoms. The van der Waals surface area contributed by atoms with Crippen molar-refractivity contribution in [1.29, 1.82) is 0 Å². The number of carbonyl (C=O) groups excluding carboxylic acids is 1. The Morgan fingerprint density at radius 3 is 2.50 bits per heavy atom. The van der Waals surface area contributed by atoms with Crippen molar-refractivity contribution >= 4 is 21.8 Å². The van der Waals surface area contributed by atoms with Crippen LogP contribution in [0.1, 0.15) is 24.3 Å². The number of rotatable bonds is 4. The van der Waals surface area contributed by atoms with Gasteiger partial charge >= 0.3 is 6.18 Å². The molecular weight excluding hydrogens is 335 g/mol. The third-order valence-corrected chi connectivity index (χ3v) is 4.04. The summed E-state index contributed by atoms with van der Waals surface area (Å²) in [5.41, 5.74) is 1.07. The van der Waals surface area contributed by atoms with Crippen molar-refractivity contribution in [3.63, 3.8) is 0 Å². The van der Waals surface area contributed by atoms with Crippen LogP contribution in [0.2, 0.25) is 0 Å². The first-order valence-electron chi connectivity index (χ1n) is 6.35. The summed E-state index contributed by atoms with van der Waals surface area (Å²) in [4.78, 5) is 13.2. The fourth-order valence-electron chi connectivity index (χ4n) is 2.23. The summed E-state index contributed by atoms with van der Waals surface area (Å²) in [5, 5.41) is 0. The van der Waals surface area contributed by atoms with Gasteiger partial charge in [0.05, 0.1) is 6.42 Å². The second kappa shape index (κ2) is 5.76. The Bertz CT molecular complexity index is 486. The normalized spacial score (nSPS) is 21.6. The van der Waals surface area contributed by atoms with Gasteiger partial charge < -0.3 is 4.90 Å². The minimum atomic E-state index is -4.22. The van der Waals surface area contributed by atoms with E-state index in [0.717, 1.165) is 16.5 Å². The van der Waals surface area contributed by atoms with E-state index in [1.165, 1.54) is 11.9 Å². The molecule has 1 amide bonds. The highest BCUT2D eigenvalue weighted by molar-refractivity contribution is 9.10. The van der Waals surface area contributed by atoms with E-state index in [1.807, 2.05) is 24.3 Å². The molecule has 1 aliphatic carbocycles. The zero-order valence-corrected chi connectivity index (χ0v) is 12.5. The molecule has 1 aliphatic rings. The Balaban J connectivity index is 1.87. The third kappa shape index (κ3) is 3.98. The molecular formula is C14H15BrF3NO. The molecule has 0 heterocycles. The molecule has 2 nitrogen and oxygen atoms in total. The van der Waals surface area contributed by atoms with E-state index >= 15 is 0 Å². The number of amides is 1. The van der Waals surface area contributed by atoms with E-state index in [0.29, 0.717) is 0 Å². The average Bonchev–Trinajstić information content (AvgIpc) is 3.15. The molecule has 1 saturated carbocycles. The molecule has 0 aromatic heterocycles. The smallest absolute Gasteiger partial charge is 0.345 e. The van der Waals surface area contributed by atoms with E-state index in [2.05, 4.69) is 15.9 Å². The molecule has 1 aromatic carbocycles. The molecule has 20 heavy (non-hydrogen) atoms. The molecule has 0 aliphatic heterocycles. The molecule has 1 fully saturated rings. The number of benzene rings is 1. The summed E-state index contributed by atoms with van der Waals surface area (Å²) in [6.45, 7) is -0.272. The second-order valence-corrected chi connectivity index (χ2v) is 6.04. The van der Waals surface area contributed by atoms with Crippen LogP contribution in [0.25, 0.3) is 0 Å². The van der Waals surface area contributed by atoms with Crippen molar-refractivity contribution in [2.75, 3.05) is 13.6 Å². The highest BCUT2D eigenvalue weighted by Gasteiger charge is 2.45. The zero-order chi connectivity index (χ0) is 14.9. The molecule has 110 valence electrons. The van der Waals surface area contributed by atoms with Gasteiger partial charge in [-0.15, -0.1) is 0 Å². The first-order chi connectivity index (χ1) is 9.28. The van der Waals surface area contributed by atoms with Gasteiger partial charge in [0.25, 0.3) is 0 Å². The summed E-state index contributed by atoms with van der Waals surface area (Å²) < 4.78 is 37.4. The summed E-state index contributed by atoms with van der Waals surface area (Å²) in [5.74, 6) is -0.222. The molecule has 2 atom stereocenters. The Hall–Kier alpha value is -1.04. The van der Waals surface area contributed by atoms with Crippen LogP contribution in [0.15, 0.2) is 28.7 Å². The molecule has 0 bridgehead atoms. The Labute approximate surface area is 124 Å². The van der Waals surface area contributed by atoms with Gasteiger partial charge in [-0.05, 0) is 30.0 Å². The molecule has 0 radical (unpaired) electrons. The van der Waals surface area contributed by atoms with Crippen molar-refractivity contribution in [2.45, 2.75) is 24.9 Å². The number of nitrogens with zero attached hydrogens (tertiary/aromatic N) is 1. The number of alkyl halides is 3. The molecule has 0 N–H and O–H groups in total. The predicted molar refractivity (Wildman–Crippen MR) is 73.3 cm³/mol. The van der Waals surface area contributed by atoms with Crippen molar-refractivity contribution < 1.29 is 18.0 Å². The zero-order valence-electron chi connectivity index (χ0n) is 11.0. The number of hydrogen-bond donors (Lipinski definition) is 0. The van der Waals surface area contributed by atoms with Crippen LogP contribution in [-0.4, -0.2) is 30.6 Å². The molecule has 0 saturated heterocycles. The topological polar surface area (TPSA) is 20.3 Å². The molecule has 2 unspecified atom stereocenters. The van der Waals surface area contributed by atoms with E-state index < -0.39 is 12.6 Å². The van der Waals surface area contributed by atoms with Gasteiger partial charge in [-0.3, -0.25) is 4.79 Å². The lowest BCUT2D eigenvalue weighted by molar-refractivity contribution is -0.144. The first-order valence-corrected chi connectivity index (χ1v) is 7.14. The van der Waals surface area contributed by atoms with E-state index in [4.69, 9.17) is 0 Å². The average molecular weight is 350 g/mol. The molecule has 1 aromatic rings. The van der Waals surface area contributed by atoms with Gasteiger partial charge in [-0.1, -0.05) is 28.1 Å². The monoisotopic (exact) mass is 349 g/mol. The second-order valence-electron chi connectivity index (χ2n) is 5.13. The van der Waals surface area contributed by atoms with Crippen molar-refractivity contribution in [1.82, 2.24) is 4.90 Å². The Morgan fingerprint density at radius 1 is 1.35 bits per heavy atom. The lowest BCUT2D eigenvalue weighted by Gasteiger charge is -2.18. The fourth-order valence-corrected chi connectivity index (χ4v) is 2.50. The lowest BCUT2D eigenvalue weighted by Crippen LogP contribution is -2.32. The number of halogens is 4. The van der Waals surface area contributed by atoms with Gasteiger partial charge in [0.1, 0.15) is 0 Å². The maximum Gasteiger partial charge on any atom is 0.390 e. The first kappa shape index (κ1) is 15.4. The van der Waals surface area contributed by atoms with Crippen LogP contribution >= 0.6 is 15.9 Å². The summed E-state index contributed by atoms with van der Waals surface area (Å²) in [7, 11) is 1.44. The van der Waals surface area contributed by atoms with Crippen LogP contribution in [0.5, 0.6) is 0 Å². The highest BCUT2D eigenvalue weighted by Crippen LogP contribution is 2.48. The maximum atomic E-state index is 12.1. The Morgan fingerprint density at radius 2 is 1.95 bits per heavy atom. The van der Waals surface area contributed by atoms with Gasteiger partial charge in [-0.2, -0.15) is 13.2 Å². The van der Waals surface area contributed by atoms with Crippen molar-refractivity contribution in [3.8, 4) is 0 Å². The minimum absolute atomic E-state index is 0.143. The van der Waals surface area contributed by atoms with Crippen LogP contribution in [0.3, 0.4) is 0 Å². The third-order valence-electron chi connectivity index (χ3n) is 3.51. The van der Waals surface area contributed by atoms with E-state index in [9.17, 15) is 18.0 Å². The number of carbonyl (C=O) groups is 1. The fraction of sp³-hybridized carbons (Fsp3) is 0.500. The minimum Gasteiger partial charge on any atom is -0.345 e. The Kier molecular flexibility index (Phi) is 4.42. The molecule has 2 rings (SSSR count). The van der Waals surface area contributed by atoms with Crippen LogP contribution < -0.4 is 0 Å². The summed E-state index contributed by atoms with van der Waals surface area (Å²) >= 11 is 3.34. The maximum absolute atomic E-state index is 12.1. The predicted octanol–water partition coefficient (Wildman–Crippen LogP) is 3.96. The van der Waals surface area contributed by atoms with Crippen molar-refractivity contribution in [2.24, 2.45) is 5.92 Å². The highest BCUT2D eigenvalue weighted by atomic mass is 79.9. The SMILES string of the molecule is CN(CCC(F)(F)F)C(=O)C1CC1c1ccc(Br)cc1. The van der Waals surface area contributed by atoms with Gasteiger partial charge in [-0.25, -0.2) is 0 Å². The van der Waals surface area contributed by atoms with Crippen LogP contribution in [0.4, 0.5) is 13.2 Å². The summed E-state index contributed by atoms with van der Waals surface area (Å²) in [6, 6.07) is 7.70. The van der Waals surface area contributed by atoms with E-state index in [1.54, 1.807) is 0 Å². The largest absolute Gasteiger partial charge is 0.390 e. The van der Waals surface area contributed by atoms with Crippen LogP contribution in [0, 0.1) is 5.92 Å². The summed E-state index contributed by atoms with van der Waals surface area (Å²) in [6.07, 6.45) is -4.45. The van der Waals surface area contributed by atoms with Gasteiger partial charge in [0.2, 0.25) is 5.91 Å². The standard InChI is InChI=1S/C14H15BrF3NO/c1-19(7-6-14(16,17)18)13(20)12-8-11(12)9-2-4-10(15)5-3-9/h2-5,11-12H,6-8H2,1H3. The lowest BCUT2D eigenvalue weighted by atomic mass is 10.1. The molecule has 6 heteroatoms. The van der Waals surface area contributed by atoms with E-state index in [-0.39, 0.29) is 24.3 Å². The van der Waals surface area contributed by atoms with Gasteiger partial charge in [0, 0.05) is 24.0 Å². The van der Waals surface area contributed by atoms with Gasteiger partial charge in [0.15, 0.2) is 0 Å². The van der Waals surface area contributed by atoms with Crippen LogP contribution in [-0.2, 0) is 4.79 Å². The number of hydrogen-bond acceptors (Lipinski definition) is 1.